The fourth-order valence-electron chi connectivity index (χ4n) is 2.15. The molecule has 0 radical (unpaired) electrons. The predicted octanol–water partition coefficient (Wildman–Crippen LogP) is 2.81. The monoisotopic (exact) mass is 269 g/mol. The van der Waals surface area contributed by atoms with Gasteiger partial charge in [0, 0.05) is 6.54 Å². The quantitative estimate of drug-likeness (QED) is 0.917. The Labute approximate surface area is 111 Å². The molecule has 1 aliphatic rings. The summed E-state index contributed by atoms with van der Waals surface area (Å²) in [6.45, 7) is 5.61. The normalized spacial score (nSPS) is 19.5. The summed E-state index contributed by atoms with van der Waals surface area (Å²) in [4.78, 5) is 6.27. The first-order valence-corrected chi connectivity index (χ1v) is 6.38. The first-order valence-electron chi connectivity index (χ1n) is 6.00. The summed E-state index contributed by atoms with van der Waals surface area (Å²) in [6, 6.07) is 4.89. The van der Waals surface area contributed by atoms with Crippen LogP contribution in [0.2, 0.25) is 5.02 Å². The van der Waals surface area contributed by atoms with E-state index in [0.717, 1.165) is 12.1 Å². The molecule has 1 heterocycles. The highest BCUT2D eigenvalue weighted by Crippen LogP contribution is 2.28. The lowest BCUT2D eigenvalue weighted by atomic mass is 10.0. The highest BCUT2D eigenvalue weighted by Gasteiger charge is 2.28. The number of hydrogen-bond donors (Lipinski definition) is 1. The molecule has 2 rings (SSSR count). The summed E-state index contributed by atoms with van der Waals surface area (Å²) in [5.74, 6) is 0.602. The maximum absolute atomic E-state index is 13.5. The second-order valence-electron chi connectivity index (χ2n) is 4.93. The van der Waals surface area contributed by atoms with Gasteiger partial charge in [-0.2, -0.15) is 0 Å². The van der Waals surface area contributed by atoms with E-state index in [9.17, 15) is 4.39 Å². The molecule has 18 heavy (non-hydrogen) atoms. The van der Waals surface area contributed by atoms with E-state index in [1.165, 1.54) is 6.07 Å². The molecule has 0 spiro atoms. The minimum atomic E-state index is -0.399. The molecule has 1 aromatic rings. The van der Waals surface area contributed by atoms with Gasteiger partial charge in [-0.25, -0.2) is 4.39 Å². The zero-order valence-electron chi connectivity index (χ0n) is 10.5. The Morgan fingerprint density at radius 2 is 2.28 bits per heavy atom. The second kappa shape index (κ2) is 5.14. The number of guanidine groups is 1. The lowest BCUT2D eigenvalue weighted by Crippen LogP contribution is -2.38. The molecule has 0 saturated carbocycles. The van der Waals surface area contributed by atoms with Gasteiger partial charge in [0.2, 0.25) is 0 Å². The van der Waals surface area contributed by atoms with Crippen molar-refractivity contribution in [3.8, 4) is 0 Å². The molecular weight excluding hydrogens is 253 g/mol. The van der Waals surface area contributed by atoms with E-state index in [4.69, 9.17) is 17.3 Å². The minimum Gasteiger partial charge on any atom is -0.370 e. The van der Waals surface area contributed by atoms with E-state index in [0.29, 0.717) is 18.4 Å². The summed E-state index contributed by atoms with van der Waals surface area (Å²) >= 11 is 5.69. The largest absolute Gasteiger partial charge is 0.370 e. The Balaban J connectivity index is 2.24. The van der Waals surface area contributed by atoms with Gasteiger partial charge in [-0.15, -0.1) is 0 Å². The van der Waals surface area contributed by atoms with Crippen LogP contribution in [0.4, 0.5) is 4.39 Å². The van der Waals surface area contributed by atoms with E-state index < -0.39 is 5.82 Å². The van der Waals surface area contributed by atoms with E-state index in [1.54, 1.807) is 6.07 Å². The topological polar surface area (TPSA) is 41.6 Å². The molecule has 0 bridgehead atoms. The van der Waals surface area contributed by atoms with Gasteiger partial charge >= 0.3 is 0 Å². The van der Waals surface area contributed by atoms with Crippen LogP contribution in [0, 0.1) is 11.7 Å². The van der Waals surface area contributed by atoms with E-state index in [2.05, 4.69) is 18.8 Å². The lowest BCUT2D eigenvalue weighted by molar-refractivity contribution is 0.309. The predicted molar refractivity (Wildman–Crippen MR) is 72.2 cm³/mol. The fourth-order valence-corrected chi connectivity index (χ4v) is 2.27. The minimum absolute atomic E-state index is 0.0131. The number of benzene rings is 1. The van der Waals surface area contributed by atoms with Crippen molar-refractivity contribution in [3.63, 3.8) is 0 Å². The van der Waals surface area contributed by atoms with Crippen molar-refractivity contribution in [1.82, 2.24) is 4.90 Å². The summed E-state index contributed by atoms with van der Waals surface area (Å²) in [5, 5.41) is 0.140. The maximum atomic E-state index is 13.5. The SMILES string of the molecule is CC(C)CN1C(N)=NCC1c1ccc(Cl)c(F)c1. The Bertz CT molecular complexity index is 473. The van der Waals surface area contributed by atoms with E-state index in [-0.39, 0.29) is 11.1 Å². The number of nitrogens with zero attached hydrogens (tertiary/aromatic N) is 2. The number of nitrogens with two attached hydrogens (primary N) is 1. The van der Waals surface area contributed by atoms with Crippen LogP contribution < -0.4 is 5.73 Å². The van der Waals surface area contributed by atoms with Gasteiger partial charge in [0.25, 0.3) is 0 Å². The zero-order chi connectivity index (χ0) is 13.3. The second-order valence-corrected chi connectivity index (χ2v) is 5.34. The number of aliphatic imine (C=N–C) groups is 1. The molecule has 0 aromatic heterocycles. The smallest absolute Gasteiger partial charge is 0.191 e. The zero-order valence-corrected chi connectivity index (χ0v) is 11.3. The van der Waals surface area contributed by atoms with Crippen molar-refractivity contribution in [3.05, 3.63) is 34.6 Å². The third-order valence-electron chi connectivity index (χ3n) is 2.99. The summed E-state index contributed by atoms with van der Waals surface area (Å²) < 4.78 is 13.5. The van der Waals surface area contributed by atoms with Gasteiger partial charge in [-0.05, 0) is 23.6 Å². The van der Waals surface area contributed by atoms with Gasteiger partial charge < -0.3 is 10.6 Å². The molecule has 1 unspecified atom stereocenters. The van der Waals surface area contributed by atoms with Crippen LogP contribution >= 0.6 is 11.6 Å². The lowest BCUT2D eigenvalue weighted by Gasteiger charge is -2.28. The van der Waals surface area contributed by atoms with Gasteiger partial charge in [0.05, 0.1) is 17.6 Å². The molecule has 2 N–H and O–H groups in total. The van der Waals surface area contributed by atoms with Gasteiger partial charge in [0.1, 0.15) is 5.82 Å². The molecule has 98 valence electrons. The Kier molecular flexibility index (Phi) is 3.76. The first-order chi connectivity index (χ1) is 8.49. The van der Waals surface area contributed by atoms with Gasteiger partial charge in [0.15, 0.2) is 5.96 Å². The molecule has 1 aromatic carbocycles. The average Bonchev–Trinajstić information content (AvgIpc) is 2.64. The van der Waals surface area contributed by atoms with Crippen molar-refractivity contribution < 1.29 is 4.39 Å². The van der Waals surface area contributed by atoms with E-state index >= 15 is 0 Å². The standard InChI is InChI=1S/C13H17ClFN3/c1-8(2)7-18-12(6-17-13(18)16)9-3-4-10(14)11(15)5-9/h3-5,8,12H,6-7H2,1-2H3,(H2,16,17). The molecule has 1 atom stereocenters. The van der Waals surface area contributed by atoms with Crippen LogP contribution in [0.15, 0.2) is 23.2 Å². The van der Waals surface area contributed by atoms with Gasteiger partial charge in [-0.1, -0.05) is 31.5 Å². The van der Waals surface area contributed by atoms with Crippen LogP contribution in [0.3, 0.4) is 0 Å². The van der Waals surface area contributed by atoms with Crippen molar-refractivity contribution in [2.45, 2.75) is 19.9 Å². The van der Waals surface area contributed by atoms with Crippen LogP contribution in [0.1, 0.15) is 25.5 Å². The first kappa shape index (κ1) is 13.1. The molecule has 0 fully saturated rings. The van der Waals surface area contributed by atoms with Gasteiger partial charge in [-0.3, -0.25) is 4.99 Å². The maximum Gasteiger partial charge on any atom is 0.191 e. The average molecular weight is 270 g/mol. The van der Waals surface area contributed by atoms with Crippen LogP contribution in [-0.4, -0.2) is 23.9 Å². The van der Waals surface area contributed by atoms with Crippen LogP contribution in [0.5, 0.6) is 0 Å². The molecular formula is C13H17ClFN3. The third kappa shape index (κ3) is 2.58. The summed E-state index contributed by atoms with van der Waals surface area (Å²) in [6.07, 6.45) is 0. The highest BCUT2D eigenvalue weighted by atomic mass is 35.5. The Morgan fingerprint density at radius 1 is 1.56 bits per heavy atom. The molecule has 3 nitrogen and oxygen atoms in total. The molecule has 0 saturated heterocycles. The molecule has 0 aliphatic carbocycles. The number of rotatable bonds is 3. The summed E-state index contributed by atoms with van der Waals surface area (Å²) in [5.41, 5.74) is 6.74. The van der Waals surface area contributed by atoms with Crippen LogP contribution in [-0.2, 0) is 0 Å². The number of hydrogen-bond acceptors (Lipinski definition) is 3. The van der Waals surface area contributed by atoms with Crippen molar-refractivity contribution in [2.75, 3.05) is 13.1 Å². The molecule has 0 amide bonds. The molecule has 5 heteroatoms. The Hall–Kier alpha value is -1.29. The molecule has 1 aliphatic heterocycles. The summed E-state index contributed by atoms with van der Waals surface area (Å²) in [7, 11) is 0. The van der Waals surface area contributed by atoms with Crippen LogP contribution in [0.25, 0.3) is 0 Å². The van der Waals surface area contributed by atoms with Crippen molar-refractivity contribution in [1.29, 1.82) is 0 Å². The van der Waals surface area contributed by atoms with Crippen molar-refractivity contribution in [2.24, 2.45) is 16.6 Å². The third-order valence-corrected chi connectivity index (χ3v) is 3.29. The fraction of sp³-hybridized carbons (Fsp3) is 0.462. The van der Waals surface area contributed by atoms with Crippen molar-refractivity contribution >= 4 is 17.6 Å². The van der Waals surface area contributed by atoms with E-state index in [1.807, 2.05) is 11.0 Å². The highest BCUT2D eigenvalue weighted by molar-refractivity contribution is 6.30. The number of halogens is 2. The Morgan fingerprint density at radius 3 is 2.89 bits per heavy atom.